The summed E-state index contributed by atoms with van der Waals surface area (Å²) >= 11 is 25.2. The molecule has 3 unspecified atom stereocenters. The summed E-state index contributed by atoms with van der Waals surface area (Å²) in [6.45, 7) is 3.95. The normalized spacial score (nSPS) is 24.1. The van der Waals surface area contributed by atoms with E-state index < -0.39 is 23.8 Å². The monoisotopic (exact) mass is 500 g/mol. The van der Waals surface area contributed by atoms with E-state index in [0.717, 1.165) is 17.2 Å². The minimum Gasteiger partial charge on any atom is -0.453 e. The third-order valence-corrected chi connectivity index (χ3v) is 6.96. The van der Waals surface area contributed by atoms with Crippen molar-refractivity contribution in [3.8, 4) is 0 Å². The molecule has 31 heavy (non-hydrogen) atoms. The second-order valence-corrected chi connectivity index (χ2v) is 9.60. The Balaban J connectivity index is 1.79. The molecule has 0 spiro atoms. The van der Waals surface area contributed by atoms with Crippen molar-refractivity contribution in [2.24, 2.45) is 5.41 Å². The van der Waals surface area contributed by atoms with E-state index in [1.807, 2.05) is 12.1 Å². The molecule has 2 heterocycles. The first-order valence-electron chi connectivity index (χ1n) is 9.77. The fourth-order valence-corrected chi connectivity index (χ4v) is 5.40. The van der Waals surface area contributed by atoms with E-state index in [2.05, 4.69) is 6.58 Å². The zero-order valence-corrected chi connectivity index (χ0v) is 19.5. The first-order chi connectivity index (χ1) is 14.8. The Labute approximate surface area is 201 Å². The molecule has 4 nitrogen and oxygen atoms in total. The minimum absolute atomic E-state index is 0.124. The van der Waals surface area contributed by atoms with Gasteiger partial charge in [-0.2, -0.15) is 0 Å². The van der Waals surface area contributed by atoms with Gasteiger partial charge in [0.2, 0.25) is 0 Å². The Hall–Kier alpha value is -1.27. The highest BCUT2D eigenvalue weighted by Crippen LogP contribution is 2.48. The molecule has 2 aromatic rings. The van der Waals surface area contributed by atoms with E-state index in [1.165, 1.54) is 0 Å². The molecule has 8 heteroatoms. The second kappa shape index (κ2) is 9.30. The van der Waals surface area contributed by atoms with Crippen LogP contribution in [0.5, 0.6) is 0 Å². The maximum atomic E-state index is 12.2. The topological polar surface area (TPSA) is 44.8 Å². The molecule has 0 radical (unpaired) electrons. The van der Waals surface area contributed by atoms with E-state index in [4.69, 9.17) is 60.6 Å². The van der Waals surface area contributed by atoms with E-state index in [9.17, 15) is 4.79 Å². The SMILES string of the molecule is C=CC(=O)OC1C2OCC(CC1(Cc1ccc(Cl)cc1Cl)Cc1ccc(Cl)cc1Cl)O2. The lowest BCUT2D eigenvalue weighted by atomic mass is 9.67. The summed E-state index contributed by atoms with van der Waals surface area (Å²) in [6, 6.07) is 10.8. The summed E-state index contributed by atoms with van der Waals surface area (Å²) in [5, 5.41) is 2.19. The number of carbonyl (C=O) groups is 1. The Morgan fingerprint density at radius 2 is 1.65 bits per heavy atom. The molecule has 2 saturated heterocycles. The lowest BCUT2D eigenvalue weighted by Gasteiger charge is -2.46. The number of benzene rings is 2. The van der Waals surface area contributed by atoms with Crippen molar-refractivity contribution in [2.75, 3.05) is 6.61 Å². The lowest BCUT2D eigenvalue weighted by Crippen LogP contribution is -2.53. The molecule has 0 amide bonds. The molecule has 0 N–H and O–H groups in total. The van der Waals surface area contributed by atoms with Crippen LogP contribution in [0.2, 0.25) is 20.1 Å². The number of rotatable bonds is 6. The van der Waals surface area contributed by atoms with Crippen LogP contribution in [-0.2, 0) is 31.8 Å². The Kier molecular flexibility index (Phi) is 6.87. The number of esters is 1. The van der Waals surface area contributed by atoms with E-state index >= 15 is 0 Å². The zero-order valence-electron chi connectivity index (χ0n) is 16.5. The van der Waals surface area contributed by atoms with Crippen molar-refractivity contribution in [1.82, 2.24) is 0 Å². The Morgan fingerprint density at radius 3 is 2.16 bits per heavy atom. The number of carbonyl (C=O) groups excluding carboxylic acids is 1. The number of hydrogen-bond donors (Lipinski definition) is 0. The molecule has 2 fully saturated rings. The molecule has 2 aliphatic heterocycles. The molecule has 0 saturated carbocycles. The van der Waals surface area contributed by atoms with Crippen LogP contribution in [0.25, 0.3) is 0 Å². The summed E-state index contributed by atoms with van der Waals surface area (Å²) in [6.07, 6.45) is 1.26. The predicted octanol–water partition coefficient (Wildman–Crippen LogP) is 6.31. The van der Waals surface area contributed by atoms with Crippen LogP contribution < -0.4 is 0 Å². The highest BCUT2D eigenvalue weighted by Gasteiger charge is 2.55. The van der Waals surface area contributed by atoms with E-state index in [1.54, 1.807) is 24.3 Å². The Bertz CT molecular complexity index is 956. The van der Waals surface area contributed by atoms with Gasteiger partial charge in [-0.05, 0) is 54.7 Å². The molecule has 2 bridgehead atoms. The third kappa shape index (κ3) is 4.90. The van der Waals surface area contributed by atoms with Crippen LogP contribution in [0.1, 0.15) is 17.5 Å². The first-order valence-corrected chi connectivity index (χ1v) is 11.3. The molecule has 0 aliphatic carbocycles. The van der Waals surface area contributed by atoms with Crippen molar-refractivity contribution in [1.29, 1.82) is 0 Å². The van der Waals surface area contributed by atoms with Crippen LogP contribution in [0.4, 0.5) is 0 Å². The van der Waals surface area contributed by atoms with E-state index in [-0.39, 0.29) is 6.10 Å². The van der Waals surface area contributed by atoms with Gasteiger partial charge < -0.3 is 14.2 Å². The maximum Gasteiger partial charge on any atom is 0.330 e. The van der Waals surface area contributed by atoms with Crippen LogP contribution in [0.3, 0.4) is 0 Å². The van der Waals surface area contributed by atoms with Gasteiger partial charge in [0.15, 0.2) is 12.4 Å². The van der Waals surface area contributed by atoms with Crippen LogP contribution in [0.15, 0.2) is 49.1 Å². The van der Waals surface area contributed by atoms with Gasteiger partial charge >= 0.3 is 5.97 Å². The van der Waals surface area contributed by atoms with Crippen LogP contribution >= 0.6 is 46.4 Å². The van der Waals surface area contributed by atoms with Crippen LogP contribution in [-0.4, -0.2) is 31.1 Å². The summed E-state index contributed by atoms with van der Waals surface area (Å²) in [5.41, 5.74) is 1.19. The van der Waals surface area contributed by atoms with Gasteiger partial charge in [-0.15, -0.1) is 0 Å². The molecular weight excluding hydrogens is 482 g/mol. The van der Waals surface area contributed by atoms with Crippen molar-refractivity contribution >= 4 is 52.4 Å². The van der Waals surface area contributed by atoms with Crippen molar-refractivity contribution < 1.29 is 19.0 Å². The van der Waals surface area contributed by atoms with Gasteiger partial charge in [0.25, 0.3) is 0 Å². The quantitative estimate of drug-likeness (QED) is 0.343. The molecule has 4 rings (SSSR count). The number of halogens is 4. The second-order valence-electron chi connectivity index (χ2n) is 7.91. The standard InChI is InChI=1S/C23H20Cl4O4/c1-2-20(28)31-21-22-29-12-17(30-22)11-23(21,9-13-3-5-15(24)7-18(13)26)10-14-4-6-16(25)8-19(14)27/h2-8,17,21-22H,1,9-12H2. The van der Waals surface area contributed by atoms with E-state index in [0.29, 0.717) is 46.0 Å². The number of hydrogen-bond acceptors (Lipinski definition) is 4. The highest BCUT2D eigenvalue weighted by molar-refractivity contribution is 6.35. The predicted molar refractivity (Wildman–Crippen MR) is 122 cm³/mol. The fraction of sp³-hybridized carbons (Fsp3) is 0.348. The average Bonchev–Trinajstić information content (AvgIpc) is 3.12. The molecule has 164 valence electrons. The molecule has 3 atom stereocenters. The largest absolute Gasteiger partial charge is 0.453 e. The Morgan fingerprint density at radius 1 is 1.06 bits per heavy atom. The van der Waals surface area contributed by atoms with Gasteiger partial charge in [0.05, 0.1) is 12.7 Å². The summed E-state index contributed by atoms with van der Waals surface area (Å²) in [4.78, 5) is 12.2. The minimum atomic E-state index is -0.685. The van der Waals surface area contributed by atoms with Gasteiger partial charge in [-0.3, -0.25) is 0 Å². The zero-order chi connectivity index (χ0) is 22.2. The van der Waals surface area contributed by atoms with Gasteiger partial charge in [0.1, 0.15) is 0 Å². The molecule has 2 aromatic carbocycles. The van der Waals surface area contributed by atoms with Gasteiger partial charge in [-0.25, -0.2) is 4.79 Å². The average molecular weight is 502 g/mol. The van der Waals surface area contributed by atoms with Crippen molar-refractivity contribution in [3.05, 3.63) is 80.3 Å². The number of ether oxygens (including phenoxy) is 3. The summed E-state index contributed by atoms with van der Waals surface area (Å²) in [5.74, 6) is -0.545. The van der Waals surface area contributed by atoms with Crippen molar-refractivity contribution in [3.63, 3.8) is 0 Å². The molecule has 0 aromatic heterocycles. The third-order valence-electron chi connectivity index (χ3n) is 5.78. The smallest absolute Gasteiger partial charge is 0.330 e. The fourth-order valence-electron chi connectivity index (χ4n) is 4.44. The van der Waals surface area contributed by atoms with Crippen LogP contribution in [0, 0.1) is 5.41 Å². The van der Waals surface area contributed by atoms with Crippen molar-refractivity contribution in [2.45, 2.75) is 37.8 Å². The van der Waals surface area contributed by atoms with Gasteiger partial charge in [-0.1, -0.05) is 65.1 Å². The lowest BCUT2D eigenvalue weighted by molar-refractivity contribution is -0.221. The molecular formula is C23H20Cl4O4. The van der Waals surface area contributed by atoms with Gasteiger partial charge in [0, 0.05) is 31.6 Å². The first kappa shape index (κ1) is 22.9. The number of fused-ring (bicyclic) bond motifs is 2. The maximum absolute atomic E-state index is 12.2. The molecule has 2 aliphatic rings. The summed E-state index contributed by atoms with van der Waals surface area (Å²) < 4.78 is 17.6. The highest BCUT2D eigenvalue weighted by atomic mass is 35.5. The summed E-state index contributed by atoms with van der Waals surface area (Å²) in [7, 11) is 0.